The summed E-state index contributed by atoms with van der Waals surface area (Å²) >= 11 is 0. The van der Waals surface area contributed by atoms with Crippen LogP contribution in [0.15, 0.2) is 219 Å². The second-order valence-electron chi connectivity index (χ2n) is 23.4. The molecule has 0 aliphatic heterocycles. The predicted octanol–water partition coefficient (Wildman–Crippen LogP) is 18.2. The average molecular weight is 1040 g/mol. The van der Waals surface area contributed by atoms with Gasteiger partial charge in [0.15, 0.2) is 0 Å². The van der Waals surface area contributed by atoms with Crippen molar-refractivity contribution >= 4 is 109 Å². The number of aromatic nitrogens is 7. The molecule has 0 unspecified atom stereocenters. The Morgan fingerprint density at radius 1 is 0.333 bits per heavy atom. The molecule has 0 spiro atoms. The molecule has 384 valence electrons. The Balaban J connectivity index is 1.19. The van der Waals surface area contributed by atoms with Crippen molar-refractivity contribution in [3.63, 3.8) is 0 Å². The van der Waals surface area contributed by atoms with Crippen LogP contribution in [0.5, 0.6) is 0 Å². The summed E-state index contributed by atoms with van der Waals surface area (Å²) in [4.78, 5) is 10.7. The fourth-order valence-corrected chi connectivity index (χ4v) is 14.7. The van der Waals surface area contributed by atoms with Gasteiger partial charge in [-0.15, -0.1) is 0 Å². The fraction of sp³-hybridized carbons (Fsp3) is 0.110. The molecule has 0 fully saturated rings. The molecule has 8 heteroatoms. The summed E-state index contributed by atoms with van der Waals surface area (Å²) in [6.45, 7) is 9.66. The number of para-hydroxylation sites is 6. The summed E-state index contributed by atoms with van der Waals surface area (Å²) in [6.07, 6.45) is 5.60. The molecule has 0 saturated carbocycles. The Morgan fingerprint density at radius 2 is 0.667 bits per heavy atom. The summed E-state index contributed by atoms with van der Waals surface area (Å²) in [5.41, 5.74) is 16.8. The van der Waals surface area contributed by atoms with Crippen LogP contribution in [0.2, 0.25) is 0 Å². The molecule has 7 aromatic heterocycles. The van der Waals surface area contributed by atoms with E-state index in [4.69, 9.17) is 9.97 Å². The highest BCUT2D eigenvalue weighted by Gasteiger charge is 2.46. The smallest absolute Gasteiger partial charge is 0.146 e. The zero-order valence-corrected chi connectivity index (χ0v) is 45.3. The van der Waals surface area contributed by atoms with Crippen LogP contribution in [0.25, 0.3) is 138 Å². The molecule has 0 atom stereocenters. The summed E-state index contributed by atoms with van der Waals surface area (Å²) in [5.74, 6) is 0. The van der Waals surface area contributed by atoms with E-state index in [1.165, 1.54) is 10.9 Å². The van der Waals surface area contributed by atoms with Crippen LogP contribution in [-0.2, 0) is 10.8 Å². The molecular formula is C73H52N8. The number of fused-ring (bicyclic) bond motifs is 18. The molecule has 1 aliphatic carbocycles. The van der Waals surface area contributed by atoms with Gasteiger partial charge in [-0.1, -0.05) is 161 Å². The van der Waals surface area contributed by atoms with Gasteiger partial charge in [0, 0.05) is 77.6 Å². The maximum Gasteiger partial charge on any atom is 0.146 e. The molecule has 81 heavy (non-hydrogen) atoms. The second-order valence-corrected chi connectivity index (χ2v) is 23.4. The van der Waals surface area contributed by atoms with Gasteiger partial charge in [-0.05, 0) is 108 Å². The molecule has 7 heterocycles. The third-order valence-corrected chi connectivity index (χ3v) is 18.2. The number of pyridine rings is 2. The Morgan fingerprint density at radius 3 is 1.07 bits per heavy atom. The zero-order chi connectivity index (χ0) is 54.0. The van der Waals surface area contributed by atoms with Crippen molar-refractivity contribution in [1.29, 1.82) is 5.26 Å². The van der Waals surface area contributed by atoms with Crippen LogP contribution in [0.4, 0.5) is 0 Å². The Labute approximate surface area is 466 Å². The van der Waals surface area contributed by atoms with Crippen molar-refractivity contribution < 1.29 is 0 Å². The third kappa shape index (κ3) is 6.02. The van der Waals surface area contributed by atoms with Gasteiger partial charge >= 0.3 is 0 Å². The normalized spacial score (nSPS) is 14.3. The highest BCUT2D eigenvalue weighted by atomic mass is 15.1. The fourth-order valence-electron chi connectivity index (χ4n) is 14.7. The van der Waals surface area contributed by atoms with Gasteiger partial charge < -0.3 is 18.3 Å². The molecule has 1 aliphatic rings. The van der Waals surface area contributed by atoms with Crippen LogP contribution in [0, 0.1) is 11.3 Å². The molecule has 17 rings (SSSR count). The van der Waals surface area contributed by atoms with Gasteiger partial charge in [-0.3, -0.25) is 4.57 Å². The van der Waals surface area contributed by atoms with Crippen LogP contribution < -0.4 is 0 Å². The lowest BCUT2D eigenvalue weighted by Crippen LogP contribution is -2.37. The number of rotatable bonds is 5. The minimum Gasteiger partial charge on any atom is -0.307 e. The van der Waals surface area contributed by atoms with E-state index in [0.29, 0.717) is 5.56 Å². The lowest BCUT2D eigenvalue weighted by molar-refractivity contribution is 0.330. The topological polar surface area (TPSA) is 74.2 Å². The Kier molecular flexibility index (Phi) is 9.27. The van der Waals surface area contributed by atoms with E-state index in [2.05, 4.69) is 251 Å². The lowest BCUT2D eigenvalue weighted by Gasteiger charge is -2.45. The summed E-state index contributed by atoms with van der Waals surface area (Å²) in [7, 11) is 0. The molecule has 0 saturated heterocycles. The molecule has 0 bridgehead atoms. The van der Waals surface area contributed by atoms with E-state index in [0.717, 1.165) is 151 Å². The number of benzene rings is 9. The molecule has 9 aromatic carbocycles. The van der Waals surface area contributed by atoms with E-state index >= 15 is 0 Å². The van der Waals surface area contributed by atoms with Crippen molar-refractivity contribution in [2.45, 2.75) is 51.4 Å². The van der Waals surface area contributed by atoms with Gasteiger partial charge in [0.2, 0.25) is 0 Å². The number of hydrogen-bond donors (Lipinski definition) is 0. The highest BCUT2D eigenvalue weighted by molar-refractivity contribution is 6.26. The monoisotopic (exact) mass is 1040 g/mol. The zero-order valence-electron chi connectivity index (χ0n) is 45.3. The minimum absolute atomic E-state index is 0.440. The van der Waals surface area contributed by atoms with E-state index < -0.39 is 10.8 Å². The molecular weight excluding hydrogens is 989 g/mol. The van der Waals surface area contributed by atoms with E-state index in [9.17, 15) is 5.26 Å². The highest BCUT2D eigenvalue weighted by Crippen LogP contribution is 2.57. The van der Waals surface area contributed by atoms with E-state index in [1.807, 2.05) is 24.5 Å². The standard InChI is InChI=1S/C73H52N8/c1-72(2)39-40-73(3,4)62-61(72)63(79-59-33-17-13-27-48(59)52-37-35-50-46-25-11-15-31-57(46)77(64(50)66(52)79)44-21-7-5-8-22-44)56(43-74)68(69(62)81-70-54(29-19-41-75-70)55-30-20-42-76-71(55)81)80-60-34-18-14-28-49(60)53-38-36-51-47-26-12-16-32-58(47)78(65(51)67(53)80)45-23-9-6-10-24-45/h5-38,41-42H,39-40H2,1-4H3. The van der Waals surface area contributed by atoms with Crippen LogP contribution in [-0.4, -0.2) is 32.8 Å². The summed E-state index contributed by atoms with van der Waals surface area (Å²) < 4.78 is 12.2. The number of nitrogens with zero attached hydrogens (tertiary/aromatic N) is 8. The Hall–Kier alpha value is -10.2. The van der Waals surface area contributed by atoms with Crippen LogP contribution >= 0.6 is 0 Å². The largest absolute Gasteiger partial charge is 0.307 e. The average Bonchev–Trinajstić information content (AvgIpc) is 4.52. The third-order valence-electron chi connectivity index (χ3n) is 18.2. The predicted molar refractivity (Wildman–Crippen MR) is 334 cm³/mol. The minimum atomic E-state index is -0.440. The van der Waals surface area contributed by atoms with Crippen LogP contribution in [0.3, 0.4) is 0 Å². The molecule has 16 aromatic rings. The first-order valence-electron chi connectivity index (χ1n) is 28.1. The van der Waals surface area contributed by atoms with Crippen molar-refractivity contribution in [2.75, 3.05) is 0 Å². The molecule has 0 amide bonds. The van der Waals surface area contributed by atoms with Gasteiger partial charge in [-0.2, -0.15) is 5.26 Å². The molecule has 0 N–H and O–H groups in total. The maximum absolute atomic E-state index is 13.1. The first-order chi connectivity index (χ1) is 39.7. The van der Waals surface area contributed by atoms with Gasteiger partial charge in [0.05, 0.1) is 61.2 Å². The van der Waals surface area contributed by atoms with Gasteiger partial charge in [-0.25, -0.2) is 9.97 Å². The van der Waals surface area contributed by atoms with Crippen molar-refractivity contribution in [3.8, 4) is 34.5 Å². The first kappa shape index (κ1) is 45.8. The van der Waals surface area contributed by atoms with E-state index in [1.54, 1.807) is 0 Å². The van der Waals surface area contributed by atoms with E-state index in [-0.39, 0.29) is 0 Å². The summed E-state index contributed by atoms with van der Waals surface area (Å²) in [5, 5.41) is 24.2. The molecule has 8 nitrogen and oxygen atoms in total. The lowest BCUT2D eigenvalue weighted by atomic mass is 9.61. The number of hydrogen-bond acceptors (Lipinski definition) is 3. The SMILES string of the molecule is CC1(C)CCC(C)(C)c2c(-n3c4ccccc4c4ccc5c6ccccc6n(-c6ccccc6)c5c43)c(C#N)c(-n3c4ccccc4c4ccc5c6ccccc6n(-c6ccccc6)c5c43)c(-n3c4ncccc4c4cccnc43)c21. The van der Waals surface area contributed by atoms with Gasteiger partial charge in [0.25, 0.3) is 0 Å². The second kappa shape index (κ2) is 16.4. The molecule has 0 radical (unpaired) electrons. The van der Waals surface area contributed by atoms with Crippen molar-refractivity contribution in [3.05, 3.63) is 235 Å². The van der Waals surface area contributed by atoms with Crippen molar-refractivity contribution in [2.24, 2.45) is 0 Å². The quantitative estimate of drug-likeness (QED) is 0.172. The first-order valence-corrected chi connectivity index (χ1v) is 28.1. The Bertz CT molecular complexity index is 5370. The summed E-state index contributed by atoms with van der Waals surface area (Å²) in [6, 6.07) is 77.5. The van der Waals surface area contributed by atoms with Crippen LogP contribution in [0.1, 0.15) is 57.2 Å². The van der Waals surface area contributed by atoms with Gasteiger partial charge in [0.1, 0.15) is 22.9 Å². The number of nitriles is 1. The maximum atomic E-state index is 13.1. The van der Waals surface area contributed by atoms with Crippen molar-refractivity contribution in [1.82, 2.24) is 32.8 Å².